The summed E-state index contributed by atoms with van der Waals surface area (Å²) in [6, 6.07) is 5.44. The molecule has 1 aromatic carbocycles. The monoisotopic (exact) mass is 315 g/mol. The van der Waals surface area contributed by atoms with Crippen molar-refractivity contribution >= 4 is 11.6 Å². The fourth-order valence-electron chi connectivity index (χ4n) is 2.02. The van der Waals surface area contributed by atoms with E-state index in [2.05, 4.69) is 5.32 Å². The van der Waals surface area contributed by atoms with Crippen molar-refractivity contribution in [1.82, 2.24) is 5.32 Å². The van der Waals surface area contributed by atoms with Gasteiger partial charge in [0.2, 0.25) is 0 Å². The maximum absolute atomic E-state index is 9.88. The van der Waals surface area contributed by atoms with Gasteiger partial charge < -0.3 is 24.6 Å². The van der Waals surface area contributed by atoms with Crippen molar-refractivity contribution in [1.29, 1.82) is 0 Å². The summed E-state index contributed by atoms with van der Waals surface area (Å²) in [6.07, 6.45) is -0.517. The number of hydrogen-bond donors (Lipinski definition) is 2. The van der Waals surface area contributed by atoms with Crippen LogP contribution in [-0.4, -0.2) is 56.8 Å². The number of aliphatic hydroxyl groups excluding tert-OH is 1. The fraction of sp³-hybridized carbons (Fsp3) is 0.600. The Morgan fingerprint density at radius 2 is 2.33 bits per heavy atom. The van der Waals surface area contributed by atoms with Crippen LogP contribution in [-0.2, 0) is 9.47 Å². The molecule has 1 aliphatic rings. The lowest BCUT2D eigenvalue weighted by Crippen LogP contribution is -2.41. The van der Waals surface area contributed by atoms with Gasteiger partial charge in [-0.05, 0) is 30.7 Å². The van der Waals surface area contributed by atoms with Crippen molar-refractivity contribution < 1.29 is 19.3 Å². The minimum atomic E-state index is -0.578. The maximum atomic E-state index is 9.88. The highest BCUT2D eigenvalue weighted by Gasteiger charge is 2.14. The standard InChI is InChI=1S/C15H22ClNO4/c1-11-6-13(2-3-15(11)16)21-9-12(18)7-17-8-14-10-19-4-5-20-14/h2-3,6,12,14,17-18H,4-5,7-10H2,1H3. The highest BCUT2D eigenvalue weighted by atomic mass is 35.5. The van der Waals surface area contributed by atoms with Gasteiger partial charge in [-0.2, -0.15) is 0 Å². The smallest absolute Gasteiger partial charge is 0.119 e. The zero-order valence-corrected chi connectivity index (χ0v) is 12.9. The number of halogens is 1. The van der Waals surface area contributed by atoms with Gasteiger partial charge >= 0.3 is 0 Å². The average molecular weight is 316 g/mol. The molecule has 0 saturated carbocycles. The number of hydrogen-bond acceptors (Lipinski definition) is 5. The summed E-state index contributed by atoms with van der Waals surface area (Å²) in [5.41, 5.74) is 0.955. The van der Waals surface area contributed by atoms with Crippen molar-refractivity contribution in [3.05, 3.63) is 28.8 Å². The van der Waals surface area contributed by atoms with Gasteiger partial charge in [-0.3, -0.25) is 0 Å². The highest BCUT2D eigenvalue weighted by molar-refractivity contribution is 6.31. The van der Waals surface area contributed by atoms with Crippen LogP contribution in [0.1, 0.15) is 5.56 Å². The van der Waals surface area contributed by atoms with E-state index in [9.17, 15) is 5.11 Å². The van der Waals surface area contributed by atoms with Crippen LogP contribution < -0.4 is 10.1 Å². The number of ether oxygens (including phenoxy) is 3. The quantitative estimate of drug-likeness (QED) is 0.796. The summed E-state index contributed by atoms with van der Waals surface area (Å²) in [4.78, 5) is 0. The molecule has 5 nitrogen and oxygen atoms in total. The van der Waals surface area contributed by atoms with E-state index in [1.54, 1.807) is 12.1 Å². The van der Waals surface area contributed by atoms with Crippen molar-refractivity contribution in [2.45, 2.75) is 19.1 Å². The molecule has 1 saturated heterocycles. The first-order valence-corrected chi connectivity index (χ1v) is 7.50. The number of aryl methyl sites for hydroxylation is 1. The van der Waals surface area contributed by atoms with Crippen LogP contribution in [0, 0.1) is 6.92 Å². The number of aliphatic hydroxyl groups is 1. The lowest BCUT2D eigenvalue weighted by molar-refractivity contribution is -0.0869. The van der Waals surface area contributed by atoms with E-state index in [4.69, 9.17) is 25.8 Å². The summed E-state index contributed by atoms with van der Waals surface area (Å²) in [5, 5.41) is 13.7. The molecule has 0 bridgehead atoms. The van der Waals surface area contributed by atoms with E-state index in [-0.39, 0.29) is 12.7 Å². The molecule has 0 aliphatic carbocycles. The van der Waals surface area contributed by atoms with Crippen LogP contribution in [0.15, 0.2) is 18.2 Å². The van der Waals surface area contributed by atoms with Gasteiger partial charge in [0.1, 0.15) is 18.5 Å². The Labute approximate surface area is 130 Å². The average Bonchev–Trinajstić information content (AvgIpc) is 2.49. The molecule has 1 aromatic rings. The summed E-state index contributed by atoms with van der Waals surface area (Å²) in [6.45, 7) is 5.16. The lowest BCUT2D eigenvalue weighted by Gasteiger charge is -2.23. The third kappa shape index (κ3) is 5.80. The van der Waals surface area contributed by atoms with Gasteiger partial charge in [0.05, 0.1) is 25.9 Å². The lowest BCUT2D eigenvalue weighted by atomic mass is 10.2. The summed E-state index contributed by atoms with van der Waals surface area (Å²) < 4.78 is 16.3. The first-order valence-electron chi connectivity index (χ1n) is 7.12. The molecule has 118 valence electrons. The zero-order valence-electron chi connectivity index (χ0n) is 12.2. The topological polar surface area (TPSA) is 60.0 Å². The fourth-order valence-corrected chi connectivity index (χ4v) is 2.14. The molecule has 0 amide bonds. The second-order valence-corrected chi connectivity index (χ2v) is 5.51. The van der Waals surface area contributed by atoms with Crippen LogP contribution in [0.2, 0.25) is 5.02 Å². The second kappa shape index (κ2) is 8.56. The Morgan fingerprint density at radius 3 is 3.05 bits per heavy atom. The Balaban J connectivity index is 1.62. The predicted octanol–water partition coefficient (Wildman–Crippen LogP) is 1.39. The van der Waals surface area contributed by atoms with Crippen LogP contribution >= 0.6 is 11.6 Å². The highest BCUT2D eigenvalue weighted by Crippen LogP contribution is 2.21. The largest absolute Gasteiger partial charge is 0.491 e. The van der Waals surface area contributed by atoms with Gasteiger partial charge in [-0.25, -0.2) is 0 Å². The summed E-state index contributed by atoms with van der Waals surface area (Å²) in [7, 11) is 0. The molecule has 2 unspecified atom stereocenters. The van der Waals surface area contributed by atoms with Crippen molar-refractivity contribution in [3.8, 4) is 5.75 Å². The minimum absolute atomic E-state index is 0.0609. The van der Waals surface area contributed by atoms with Gasteiger partial charge in [0.25, 0.3) is 0 Å². The van der Waals surface area contributed by atoms with E-state index in [0.717, 1.165) is 5.56 Å². The second-order valence-electron chi connectivity index (χ2n) is 5.10. The Hall–Kier alpha value is -0.850. The first kappa shape index (κ1) is 16.5. The SMILES string of the molecule is Cc1cc(OCC(O)CNCC2COCCO2)ccc1Cl. The molecular formula is C15H22ClNO4. The van der Waals surface area contributed by atoms with Gasteiger partial charge in [-0.1, -0.05) is 11.6 Å². The molecular weight excluding hydrogens is 294 g/mol. The predicted molar refractivity (Wildman–Crippen MR) is 81.1 cm³/mol. The Bertz CT molecular complexity index is 438. The molecule has 0 aromatic heterocycles. The van der Waals surface area contributed by atoms with Crippen molar-refractivity contribution in [2.24, 2.45) is 0 Å². The summed E-state index contributed by atoms with van der Waals surface area (Å²) in [5.74, 6) is 0.708. The molecule has 21 heavy (non-hydrogen) atoms. The minimum Gasteiger partial charge on any atom is -0.491 e. The van der Waals surface area contributed by atoms with E-state index in [1.807, 2.05) is 13.0 Å². The van der Waals surface area contributed by atoms with E-state index in [1.165, 1.54) is 0 Å². The van der Waals surface area contributed by atoms with E-state index < -0.39 is 6.10 Å². The van der Waals surface area contributed by atoms with Crippen LogP contribution in [0.25, 0.3) is 0 Å². The molecule has 2 atom stereocenters. The van der Waals surface area contributed by atoms with Crippen LogP contribution in [0.4, 0.5) is 0 Å². The molecule has 2 N–H and O–H groups in total. The molecule has 0 spiro atoms. The summed E-state index contributed by atoms with van der Waals surface area (Å²) >= 11 is 5.95. The van der Waals surface area contributed by atoms with E-state index >= 15 is 0 Å². The first-order chi connectivity index (χ1) is 10.1. The molecule has 1 heterocycles. The van der Waals surface area contributed by atoms with Crippen LogP contribution in [0.5, 0.6) is 5.75 Å². The maximum Gasteiger partial charge on any atom is 0.119 e. The van der Waals surface area contributed by atoms with Gasteiger partial charge in [0.15, 0.2) is 0 Å². The molecule has 1 aliphatic heterocycles. The number of rotatable bonds is 7. The third-order valence-electron chi connectivity index (χ3n) is 3.21. The van der Waals surface area contributed by atoms with Gasteiger partial charge in [0, 0.05) is 18.1 Å². The Morgan fingerprint density at radius 1 is 1.48 bits per heavy atom. The normalized spacial score (nSPS) is 20.2. The molecule has 1 fully saturated rings. The van der Waals surface area contributed by atoms with Gasteiger partial charge in [-0.15, -0.1) is 0 Å². The molecule has 2 rings (SSSR count). The van der Waals surface area contributed by atoms with Crippen molar-refractivity contribution in [2.75, 3.05) is 39.5 Å². The van der Waals surface area contributed by atoms with Crippen LogP contribution in [0.3, 0.4) is 0 Å². The number of benzene rings is 1. The Kier molecular flexibility index (Phi) is 6.73. The molecule has 0 radical (unpaired) electrons. The zero-order chi connectivity index (χ0) is 15.1. The third-order valence-corrected chi connectivity index (χ3v) is 3.63. The molecule has 6 heteroatoms. The number of nitrogens with one attached hydrogen (secondary N) is 1. The van der Waals surface area contributed by atoms with Crippen molar-refractivity contribution in [3.63, 3.8) is 0 Å². The van der Waals surface area contributed by atoms with E-state index in [0.29, 0.717) is 43.7 Å².